The highest BCUT2D eigenvalue weighted by Crippen LogP contribution is 2.20. The third kappa shape index (κ3) is 2.21. The second kappa shape index (κ2) is 4.79. The summed E-state index contributed by atoms with van der Waals surface area (Å²) in [6.45, 7) is 1.82. The number of anilines is 1. The van der Waals surface area contributed by atoms with Gasteiger partial charge in [-0.1, -0.05) is 11.6 Å². The number of aryl methyl sites for hydroxylation is 1. The number of nitrogens with two attached hydrogens (primary N) is 1. The Bertz CT molecular complexity index is 907. The van der Waals surface area contributed by atoms with Crippen LogP contribution in [0.1, 0.15) is 15.9 Å². The van der Waals surface area contributed by atoms with Gasteiger partial charge in [-0.25, -0.2) is 9.36 Å². The molecule has 5 nitrogen and oxygen atoms in total. The van der Waals surface area contributed by atoms with Gasteiger partial charge >= 0.3 is 5.69 Å². The maximum Gasteiger partial charge on any atom is 0.333 e. The van der Waals surface area contributed by atoms with E-state index in [9.17, 15) is 9.59 Å². The van der Waals surface area contributed by atoms with Crippen LogP contribution in [0.2, 0.25) is 5.02 Å². The monoisotopic (exact) mass is 301 g/mol. The summed E-state index contributed by atoms with van der Waals surface area (Å²) in [7, 11) is 0. The Labute approximate surface area is 125 Å². The van der Waals surface area contributed by atoms with E-state index in [1.807, 2.05) is 6.92 Å². The van der Waals surface area contributed by atoms with Gasteiger partial charge in [-0.3, -0.25) is 4.79 Å². The lowest BCUT2D eigenvalue weighted by atomic mass is 10.1. The fraction of sp³-hybridized carbons (Fsp3) is 0.0667. The van der Waals surface area contributed by atoms with Crippen molar-refractivity contribution in [2.45, 2.75) is 6.92 Å². The van der Waals surface area contributed by atoms with Crippen molar-refractivity contribution < 1.29 is 4.79 Å². The Hall–Kier alpha value is -2.53. The summed E-state index contributed by atoms with van der Waals surface area (Å²) in [5.74, 6) is -0.410. The van der Waals surface area contributed by atoms with Crippen LogP contribution in [0.3, 0.4) is 0 Å². The van der Waals surface area contributed by atoms with Gasteiger partial charge in [0.1, 0.15) is 0 Å². The molecule has 1 heterocycles. The van der Waals surface area contributed by atoms with Crippen molar-refractivity contribution in [3.63, 3.8) is 0 Å². The van der Waals surface area contributed by atoms with Crippen LogP contribution in [0.15, 0.2) is 41.2 Å². The van der Waals surface area contributed by atoms with Crippen LogP contribution in [0, 0.1) is 6.92 Å². The highest BCUT2D eigenvalue weighted by molar-refractivity contribution is 6.30. The van der Waals surface area contributed by atoms with Crippen molar-refractivity contribution in [2.24, 2.45) is 0 Å². The van der Waals surface area contributed by atoms with E-state index in [-0.39, 0.29) is 0 Å². The number of hydrogen-bond acceptors (Lipinski definition) is 3. The molecule has 3 aromatic rings. The number of H-pyrrole nitrogens is 1. The lowest BCUT2D eigenvalue weighted by Crippen LogP contribution is -2.24. The number of aromatic amines is 1. The number of rotatable bonds is 1. The van der Waals surface area contributed by atoms with Crippen molar-refractivity contribution in [3.05, 3.63) is 63.0 Å². The van der Waals surface area contributed by atoms with Crippen molar-refractivity contribution >= 4 is 34.2 Å². The van der Waals surface area contributed by atoms with Gasteiger partial charge in [0, 0.05) is 16.3 Å². The summed E-state index contributed by atoms with van der Waals surface area (Å²) in [4.78, 5) is 27.2. The molecule has 0 amide bonds. The molecule has 0 aliphatic carbocycles. The van der Waals surface area contributed by atoms with Gasteiger partial charge in [0.2, 0.25) is 0 Å². The van der Waals surface area contributed by atoms with E-state index in [4.69, 9.17) is 17.3 Å². The van der Waals surface area contributed by atoms with E-state index >= 15 is 0 Å². The number of carbonyl (C=O) groups excluding carboxylic acids is 1. The smallest absolute Gasteiger partial charge is 0.333 e. The van der Waals surface area contributed by atoms with Gasteiger partial charge in [-0.15, -0.1) is 0 Å². The predicted molar refractivity (Wildman–Crippen MR) is 82.9 cm³/mol. The molecule has 0 unspecified atom stereocenters. The lowest BCUT2D eigenvalue weighted by Gasteiger charge is -2.04. The number of nitrogen functional groups attached to an aromatic ring is 1. The zero-order chi connectivity index (χ0) is 15.1. The van der Waals surface area contributed by atoms with E-state index < -0.39 is 11.6 Å². The van der Waals surface area contributed by atoms with Gasteiger partial charge in [0.25, 0.3) is 5.91 Å². The summed E-state index contributed by atoms with van der Waals surface area (Å²) < 4.78 is 1.10. The third-order valence-corrected chi connectivity index (χ3v) is 3.62. The quantitative estimate of drug-likeness (QED) is 0.678. The largest absolute Gasteiger partial charge is 0.398 e. The first-order valence-electron chi connectivity index (χ1n) is 6.28. The van der Waals surface area contributed by atoms with E-state index in [0.29, 0.717) is 27.3 Å². The molecule has 0 atom stereocenters. The Morgan fingerprint density at radius 1 is 1.24 bits per heavy atom. The number of benzene rings is 2. The SMILES string of the molecule is Cc1cc2c(cc1N)[nH]c(=O)n2C(=O)c1ccc(Cl)cc1. The third-order valence-electron chi connectivity index (χ3n) is 3.36. The first-order chi connectivity index (χ1) is 9.97. The maximum absolute atomic E-state index is 12.5. The molecule has 0 saturated carbocycles. The second-order valence-corrected chi connectivity index (χ2v) is 5.24. The number of hydrogen-bond donors (Lipinski definition) is 2. The number of carbonyl (C=O) groups is 1. The van der Waals surface area contributed by atoms with Crippen LogP contribution in [0.25, 0.3) is 11.0 Å². The first-order valence-corrected chi connectivity index (χ1v) is 6.66. The van der Waals surface area contributed by atoms with Gasteiger partial charge in [-0.05, 0) is 48.9 Å². The van der Waals surface area contributed by atoms with Crippen LogP contribution in [-0.4, -0.2) is 15.5 Å². The minimum Gasteiger partial charge on any atom is -0.398 e. The molecule has 0 radical (unpaired) electrons. The molecule has 0 aliphatic rings. The number of fused-ring (bicyclic) bond motifs is 1. The van der Waals surface area contributed by atoms with Gasteiger partial charge < -0.3 is 10.7 Å². The number of halogens is 1. The number of nitrogens with zero attached hydrogens (tertiary/aromatic N) is 1. The maximum atomic E-state index is 12.5. The van der Waals surface area contributed by atoms with Crippen molar-refractivity contribution in [3.8, 4) is 0 Å². The van der Waals surface area contributed by atoms with Gasteiger partial charge in [0.05, 0.1) is 11.0 Å². The second-order valence-electron chi connectivity index (χ2n) is 4.80. The summed E-state index contributed by atoms with van der Waals surface area (Å²) >= 11 is 5.81. The molecule has 0 saturated heterocycles. The molecule has 0 spiro atoms. The highest BCUT2D eigenvalue weighted by Gasteiger charge is 2.16. The van der Waals surface area contributed by atoms with Gasteiger partial charge in [0.15, 0.2) is 0 Å². The molecular weight excluding hydrogens is 290 g/mol. The molecule has 0 aliphatic heterocycles. The van der Waals surface area contributed by atoms with Crippen LogP contribution in [-0.2, 0) is 0 Å². The zero-order valence-electron chi connectivity index (χ0n) is 11.2. The van der Waals surface area contributed by atoms with Crippen LogP contribution < -0.4 is 11.4 Å². The Kier molecular flexibility index (Phi) is 3.07. The normalized spacial score (nSPS) is 11.0. The van der Waals surface area contributed by atoms with Crippen LogP contribution >= 0.6 is 11.6 Å². The molecule has 2 aromatic carbocycles. The molecule has 106 valence electrons. The molecule has 3 N–H and O–H groups in total. The molecule has 6 heteroatoms. The van der Waals surface area contributed by atoms with Crippen LogP contribution in [0.4, 0.5) is 5.69 Å². The minimum atomic E-state index is -0.491. The van der Waals surface area contributed by atoms with E-state index in [1.165, 1.54) is 0 Å². The van der Waals surface area contributed by atoms with Gasteiger partial charge in [-0.2, -0.15) is 0 Å². The molecule has 1 aromatic heterocycles. The van der Waals surface area contributed by atoms with E-state index in [2.05, 4.69) is 4.98 Å². The van der Waals surface area contributed by atoms with E-state index in [1.54, 1.807) is 36.4 Å². The number of imidazole rings is 1. The number of nitrogens with one attached hydrogen (secondary N) is 1. The Balaban J connectivity index is 2.22. The molecule has 0 fully saturated rings. The standard InChI is InChI=1S/C15H12ClN3O2/c1-8-6-13-12(7-11(8)17)18-15(21)19(13)14(20)9-2-4-10(16)5-3-9/h2-7H,17H2,1H3,(H,18,21). The molecule has 0 bridgehead atoms. The topological polar surface area (TPSA) is 80.9 Å². The summed E-state index contributed by atoms with van der Waals surface area (Å²) in [5.41, 5.74) is 8.12. The zero-order valence-corrected chi connectivity index (χ0v) is 11.9. The molecule has 21 heavy (non-hydrogen) atoms. The van der Waals surface area contributed by atoms with Crippen LogP contribution in [0.5, 0.6) is 0 Å². The van der Waals surface area contributed by atoms with E-state index in [0.717, 1.165) is 10.1 Å². The van der Waals surface area contributed by atoms with Crippen molar-refractivity contribution in [1.82, 2.24) is 9.55 Å². The fourth-order valence-corrected chi connectivity index (χ4v) is 2.32. The predicted octanol–water partition coefficient (Wildman–Crippen LogP) is 2.56. The minimum absolute atomic E-state index is 0.386. The Morgan fingerprint density at radius 3 is 2.57 bits per heavy atom. The fourth-order valence-electron chi connectivity index (χ4n) is 2.20. The highest BCUT2D eigenvalue weighted by atomic mass is 35.5. The average Bonchev–Trinajstić information content (AvgIpc) is 2.75. The Morgan fingerprint density at radius 2 is 1.90 bits per heavy atom. The molecular formula is C15H12ClN3O2. The summed E-state index contributed by atoms with van der Waals surface area (Å²) in [6, 6.07) is 9.75. The average molecular weight is 302 g/mol. The lowest BCUT2D eigenvalue weighted by molar-refractivity contribution is 0.0961. The van der Waals surface area contributed by atoms with Crippen molar-refractivity contribution in [1.29, 1.82) is 0 Å². The summed E-state index contributed by atoms with van der Waals surface area (Å²) in [5, 5.41) is 0.529. The molecule has 3 rings (SSSR count). The first kappa shape index (κ1) is 13.5. The van der Waals surface area contributed by atoms with Crippen molar-refractivity contribution in [2.75, 3.05) is 5.73 Å². The summed E-state index contributed by atoms with van der Waals surface area (Å²) in [6.07, 6.45) is 0. The number of aromatic nitrogens is 2.